The van der Waals surface area contributed by atoms with E-state index in [-0.39, 0.29) is 12.8 Å². The fourth-order valence-corrected chi connectivity index (χ4v) is 2.21. The summed E-state index contributed by atoms with van der Waals surface area (Å²) in [5, 5.41) is 13.0. The zero-order valence-corrected chi connectivity index (χ0v) is 14.8. The molecule has 136 valence electrons. The van der Waals surface area contributed by atoms with Crippen molar-refractivity contribution in [1.82, 2.24) is 5.43 Å². The van der Waals surface area contributed by atoms with Crippen LogP contribution < -0.4 is 10.2 Å². The van der Waals surface area contributed by atoms with Crippen LogP contribution in [-0.4, -0.2) is 28.8 Å². The van der Waals surface area contributed by atoms with Crippen LogP contribution in [0, 0.1) is 6.92 Å². The van der Waals surface area contributed by atoms with Gasteiger partial charge in [0.1, 0.15) is 5.75 Å². The predicted molar refractivity (Wildman–Crippen MR) is 99.3 cm³/mol. The lowest BCUT2D eigenvalue weighted by molar-refractivity contribution is -0.136. The van der Waals surface area contributed by atoms with Crippen LogP contribution in [0.1, 0.15) is 30.9 Å². The number of nitrogens with zero attached hydrogens (tertiary/aromatic N) is 1. The van der Waals surface area contributed by atoms with Gasteiger partial charge in [-0.05, 0) is 31.5 Å². The van der Waals surface area contributed by atoms with Crippen molar-refractivity contribution < 1.29 is 19.4 Å². The number of carboxylic acid groups (broad SMARTS) is 1. The first kappa shape index (κ1) is 19.2. The van der Waals surface area contributed by atoms with Gasteiger partial charge in [0.25, 0.3) is 5.91 Å². The fraction of sp³-hybridized carbons (Fsp3) is 0.250. The third-order valence-corrected chi connectivity index (χ3v) is 3.69. The van der Waals surface area contributed by atoms with Crippen LogP contribution in [-0.2, 0) is 9.59 Å². The van der Waals surface area contributed by atoms with E-state index in [1.165, 1.54) is 0 Å². The number of amides is 1. The summed E-state index contributed by atoms with van der Waals surface area (Å²) in [5.74, 6) is -0.734. The van der Waals surface area contributed by atoms with E-state index in [2.05, 4.69) is 10.5 Å². The molecule has 26 heavy (non-hydrogen) atoms. The number of aryl methyl sites for hydroxylation is 1. The normalized spacial score (nSPS) is 12.3. The molecule has 2 aromatic carbocycles. The van der Waals surface area contributed by atoms with Crippen molar-refractivity contribution in [2.75, 3.05) is 0 Å². The number of carboxylic acids is 1. The highest BCUT2D eigenvalue weighted by atomic mass is 16.5. The van der Waals surface area contributed by atoms with Gasteiger partial charge in [-0.1, -0.05) is 48.0 Å². The number of carbonyl (C=O) groups excluding carboxylic acids is 1. The summed E-state index contributed by atoms with van der Waals surface area (Å²) in [6.07, 6.45) is -0.593. The van der Waals surface area contributed by atoms with Gasteiger partial charge in [0.2, 0.25) is 0 Å². The largest absolute Gasteiger partial charge is 0.481 e. The minimum Gasteiger partial charge on any atom is -0.481 e. The molecule has 6 nitrogen and oxygen atoms in total. The maximum atomic E-state index is 12.2. The number of aliphatic carboxylic acids is 1. The van der Waals surface area contributed by atoms with E-state index in [0.717, 1.165) is 11.1 Å². The quantitative estimate of drug-likeness (QED) is 0.563. The smallest absolute Gasteiger partial charge is 0.303 e. The molecule has 2 rings (SSSR count). The fourth-order valence-electron chi connectivity index (χ4n) is 2.21. The topological polar surface area (TPSA) is 88.0 Å². The lowest BCUT2D eigenvalue weighted by atomic mass is 10.1. The molecule has 0 aromatic heterocycles. The van der Waals surface area contributed by atoms with Crippen molar-refractivity contribution in [3.63, 3.8) is 0 Å². The molecule has 0 saturated heterocycles. The van der Waals surface area contributed by atoms with Gasteiger partial charge in [0, 0.05) is 6.42 Å². The minimum atomic E-state index is -0.920. The van der Waals surface area contributed by atoms with E-state index in [4.69, 9.17) is 9.84 Å². The Morgan fingerprint density at radius 3 is 2.35 bits per heavy atom. The van der Waals surface area contributed by atoms with Crippen LogP contribution in [0.3, 0.4) is 0 Å². The van der Waals surface area contributed by atoms with Crippen LogP contribution in [0.2, 0.25) is 0 Å². The second-order valence-electron chi connectivity index (χ2n) is 5.87. The third-order valence-electron chi connectivity index (χ3n) is 3.69. The van der Waals surface area contributed by atoms with Crippen molar-refractivity contribution in [2.24, 2.45) is 5.10 Å². The Balaban J connectivity index is 2.03. The van der Waals surface area contributed by atoms with Gasteiger partial charge < -0.3 is 9.84 Å². The van der Waals surface area contributed by atoms with E-state index < -0.39 is 18.0 Å². The van der Waals surface area contributed by atoms with Gasteiger partial charge in [0.15, 0.2) is 6.10 Å². The Kier molecular flexibility index (Phi) is 6.91. The molecule has 2 N–H and O–H groups in total. The third kappa shape index (κ3) is 6.05. The summed E-state index contributed by atoms with van der Waals surface area (Å²) in [7, 11) is 0. The molecule has 0 saturated carbocycles. The molecule has 0 heterocycles. The Morgan fingerprint density at radius 2 is 1.73 bits per heavy atom. The maximum Gasteiger partial charge on any atom is 0.303 e. The SMILES string of the molecule is Cc1ccc(OC(C)C(=O)N/N=C(/CCC(=O)O)c2ccccc2)cc1. The molecule has 0 aliphatic carbocycles. The van der Waals surface area contributed by atoms with Crippen molar-refractivity contribution in [3.8, 4) is 5.75 Å². The van der Waals surface area contributed by atoms with Gasteiger partial charge in [-0.2, -0.15) is 5.10 Å². The Hall–Kier alpha value is -3.15. The molecule has 6 heteroatoms. The Bertz CT molecular complexity index is 770. The maximum absolute atomic E-state index is 12.2. The van der Waals surface area contributed by atoms with Gasteiger partial charge in [-0.25, -0.2) is 5.43 Å². The second-order valence-corrected chi connectivity index (χ2v) is 5.87. The molecular formula is C20H22N2O4. The molecule has 0 spiro atoms. The van der Waals surface area contributed by atoms with Gasteiger partial charge in [-0.15, -0.1) is 0 Å². The first-order chi connectivity index (χ1) is 12.5. The minimum absolute atomic E-state index is 0.0704. The molecule has 1 amide bonds. The summed E-state index contributed by atoms with van der Waals surface area (Å²) >= 11 is 0. The zero-order chi connectivity index (χ0) is 18.9. The Labute approximate surface area is 152 Å². The number of benzene rings is 2. The van der Waals surface area contributed by atoms with E-state index >= 15 is 0 Å². The van der Waals surface area contributed by atoms with Crippen LogP contribution in [0.15, 0.2) is 59.7 Å². The van der Waals surface area contributed by atoms with Crippen molar-refractivity contribution in [2.45, 2.75) is 32.8 Å². The highest BCUT2D eigenvalue weighted by Crippen LogP contribution is 2.13. The summed E-state index contributed by atoms with van der Waals surface area (Å²) in [4.78, 5) is 23.1. The highest BCUT2D eigenvalue weighted by Gasteiger charge is 2.15. The first-order valence-electron chi connectivity index (χ1n) is 8.32. The number of hydrogen-bond acceptors (Lipinski definition) is 4. The van der Waals surface area contributed by atoms with Crippen LogP contribution in [0.25, 0.3) is 0 Å². The summed E-state index contributed by atoms with van der Waals surface area (Å²) in [6.45, 7) is 3.60. The zero-order valence-electron chi connectivity index (χ0n) is 14.8. The molecule has 0 fully saturated rings. The van der Waals surface area contributed by atoms with Crippen molar-refractivity contribution >= 4 is 17.6 Å². The number of nitrogens with one attached hydrogen (secondary N) is 1. The average molecular weight is 354 g/mol. The van der Waals surface area contributed by atoms with Crippen molar-refractivity contribution in [3.05, 3.63) is 65.7 Å². The van der Waals surface area contributed by atoms with E-state index in [0.29, 0.717) is 11.5 Å². The standard InChI is InChI=1S/C20H22N2O4/c1-14-8-10-17(11-9-14)26-15(2)20(25)22-21-18(12-13-19(23)24)16-6-4-3-5-7-16/h3-11,15H,12-13H2,1-2H3,(H,22,25)(H,23,24)/b21-18-. The molecule has 0 aliphatic rings. The van der Waals surface area contributed by atoms with Gasteiger partial charge in [0.05, 0.1) is 12.1 Å². The molecule has 0 bridgehead atoms. The number of rotatable bonds is 8. The van der Waals surface area contributed by atoms with Crippen LogP contribution in [0.5, 0.6) is 5.75 Å². The number of hydrazone groups is 1. The monoisotopic (exact) mass is 354 g/mol. The molecule has 1 atom stereocenters. The predicted octanol–water partition coefficient (Wildman–Crippen LogP) is 3.15. The first-order valence-corrected chi connectivity index (χ1v) is 8.32. The lowest BCUT2D eigenvalue weighted by Gasteiger charge is -2.14. The summed E-state index contributed by atoms with van der Waals surface area (Å²) in [5.41, 5.74) is 4.84. The molecule has 0 aliphatic heterocycles. The number of ether oxygens (including phenoxy) is 1. The van der Waals surface area contributed by atoms with E-state index in [9.17, 15) is 9.59 Å². The van der Waals surface area contributed by atoms with E-state index in [1.54, 1.807) is 19.1 Å². The van der Waals surface area contributed by atoms with Crippen molar-refractivity contribution in [1.29, 1.82) is 0 Å². The Morgan fingerprint density at radius 1 is 1.08 bits per heavy atom. The van der Waals surface area contributed by atoms with E-state index in [1.807, 2.05) is 49.4 Å². The second kappa shape index (κ2) is 9.36. The molecular weight excluding hydrogens is 332 g/mol. The number of hydrogen-bond donors (Lipinski definition) is 2. The molecule has 0 radical (unpaired) electrons. The van der Waals surface area contributed by atoms with Gasteiger partial charge >= 0.3 is 5.97 Å². The molecule has 2 aromatic rings. The van der Waals surface area contributed by atoms with Gasteiger partial charge in [-0.3, -0.25) is 9.59 Å². The lowest BCUT2D eigenvalue weighted by Crippen LogP contribution is -2.34. The molecule has 1 unspecified atom stereocenters. The van der Waals surface area contributed by atoms with Crippen LogP contribution >= 0.6 is 0 Å². The summed E-state index contributed by atoms with van der Waals surface area (Å²) in [6, 6.07) is 16.5. The van der Waals surface area contributed by atoms with Crippen LogP contribution in [0.4, 0.5) is 0 Å². The highest BCUT2D eigenvalue weighted by molar-refractivity contribution is 6.02. The summed E-state index contributed by atoms with van der Waals surface area (Å²) < 4.78 is 5.59. The number of carbonyl (C=O) groups is 2. The average Bonchev–Trinajstić information content (AvgIpc) is 2.64.